The fourth-order valence-corrected chi connectivity index (χ4v) is 1.72. The van der Waals surface area contributed by atoms with E-state index in [1.165, 1.54) is 0 Å². The Morgan fingerprint density at radius 1 is 1.09 bits per heavy atom. The van der Waals surface area contributed by atoms with Crippen LogP contribution in [0.4, 0.5) is 5.69 Å². The van der Waals surface area contributed by atoms with Crippen molar-refractivity contribution in [2.45, 2.75) is 39.7 Å². The van der Waals surface area contributed by atoms with Crippen molar-refractivity contribution in [2.24, 2.45) is 0 Å². The molecule has 0 atom stereocenters. The third kappa shape index (κ3) is 8.21. The molecule has 0 saturated carbocycles. The fourth-order valence-electron chi connectivity index (χ4n) is 1.72. The van der Waals surface area contributed by atoms with E-state index in [0.717, 1.165) is 12.2 Å². The van der Waals surface area contributed by atoms with Crippen molar-refractivity contribution in [3.63, 3.8) is 0 Å². The van der Waals surface area contributed by atoms with Crippen LogP contribution >= 0.6 is 0 Å². The first kappa shape index (κ1) is 19.0. The van der Waals surface area contributed by atoms with Gasteiger partial charge in [-0.15, -0.1) is 0 Å². The topological polar surface area (TPSA) is 76.7 Å². The van der Waals surface area contributed by atoms with Crippen molar-refractivity contribution < 1.29 is 19.1 Å². The summed E-state index contributed by atoms with van der Waals surface area (Å²) < 4.78 is 10.8. The van der Waals surface area contributed by atoms with Gasteiger partial charge in [0.1, 0.15) is 5.75 Å². The summed E-state index contributed by atoms with van der Waals surface area (Å²) in [7, 11) is 0. The number of ether oxygens (including phenoxy) is 2. The largest absolute Gasteiger partial charge is 0.494 e. The molecule has 0 saturated heterocycles. The number of benzene rings is 1. The Hall–Kier alpha value is -2.08. The first-order chi connectivity index (χ1) is 11.0. The molecule has 128 valence electrons. The zero-order valence-electron chi connectivity index (χ0n) is 14.1. The summed E-state index contributed by atoms with van der Waals surface area (Å²) in [5, 5.41) is 5.11. The van der Waals surface area contributed by atoms with Gasteiger partial charge in [-0.1, -0.05) is 6.92 Å². The Balaban J connectivity index is 2.30. The maximum Gasteiger partial charge on any atom is 0.313 e. The van der Waals surface area contributed by atoms with E-state index in [1.807, 2.05) is 20.8 Å². The van der Waals surface area contributed by atoms with E-state index in [9.17, 15) is 9.59 Å². The lowest BCUT2D eigenvalue weighted by Crippen LogP contribution is -2.36. The fraction of sp³-hybridized carbons (Fsp3) is 0.529. The number of anilines is 1. The SMILES string of the molecule is CCCOc1ccc(NC(=O)C(=O)NCCCOC(C)C)cc1. The minimum atomic E-state index is -0.683. The maximum atomic E-state index is 11.8. The Labute approximate surface area is 137 Å². The van der Waals surface area contributed by atoms with Crippen molar-refractivity contribution >= 4 is 17.5 Å². The first-order valence-electron chi connectivity index (χ1n) is 7.96. The molecule has 0 fully saturated rings. The molecule has 2 amide bonds. The van der Waals surface area contributed by atoms with Crippen LogP contribution in [-0.2, 0) is 14.3 Å². The van der Waals surface area contributed by atoms with Gasteiger partial charge in [-0.2, -0.15) is 0 Å². The Morgan fingerprint density at radius 2 is 1.78 bits per heavy atom. The molecule has 0 aromatic heterocycles. The van der Waals surface area contributed by atoms with Gasteiger partial charge in [0.05, 0.1) is 12.7 Å². The average molecular weight is 322 g/mol. The second-order valence-corrected chi connectivity index (χ2v) is 5.36. The number of hydrogen-bond donors (Lipinski definition) is 2. The molecule has 1 aromatic carbocycles. The summed E-state index contributed by atoms with van der Waals surface area (Å²) in [5.74, 6) is -0.600. The lowest BCUT2D eigenvalue weighted by atomic mass is 10.3. The molecular formula is C17H26N2O4. The Bertz CT molecular complexity index is 486. The molecule has 0 aliphatic rings. The van der Waals surface area contributed by atoms with E-state index in [2.05, 4.69) is 10.6 Å². The lowest BCUT2D eigenvalue weighted by molar-refractivity contribution is -0.136. The highest BCUT2D eigenvalue weighted by Gasteiger charge is 2.12. The number of amides is 2. The summed E-state index contributed by atoms with van der Waals surface area (Å²) >= 11 is 0. The average Bonchev–Trinajstić information content (AvgIpc) is 2.53. The number of nitrogens with one attached hydrogen (secondary N) is 2. The van der Waals surface area contributed by atoms with Crippen molar-refractivity contribution in [3.05, 3.63) is 24.3 Å². The van der Waals surface area contributed by atoms with Crippen molar-refractivity contribution in [1.29, 1.82) is 0 Å². The minimum Gasteiger partial charge on any atom is -0.494 e. The standard InChI is InChI=1S/C17H26N2O4/c1-4-11-23-15-8-6-14(7-9-15)19-17(21)16(20)18-10-5-12-22-13(2)3/h6-9,13H,4-5,10-12H2,1-3H3,(H,18,20)(H,19,21). The summed E-state index contributed by atoms with van der Waals surface area (Å²) in [6.45, 7) is 7.54. The smallest absolute Gasteiger partial charge is 0.313 e. The monoisotopic (exact) mass is 322 g/mol. The zero-order chi connectivity index (χ0) is 17.1. The molecule has 1 aromatic rings. The zero-order valence-corrected chi connectivity index (χ0v) is 14.1. The molecule has 0 spiro atoms. The number of carbonyl (C=O) groups is 2. The van der Waals surface area contributed by atoms with Gasteiger partial charge in [0.25, 0.3) is 0 Å². The molecular weight excluding hydrogens is 296 g/mol. The number of hydrogen-bond acceptors (Lipinski definition) is 4. The predicted molar refractivity (Wildman–Crippen MR) is 89.6 cm³/mol. The highest BCUT2D eigenvalue weighted by atomic mass is 16.5. The van der Waals surface area contributed by atoms with Gasteiger partial charge in [0.2, 0.25) is 0 Å². The van der Waals surface area contributed by atoms with Gasteiger partial charge >= 0.3 is 11.8 Å². The molecule has 0 unspecified atom stereocenters. The van der Waals surface area contributed by atoms with Gasteiger partial charge in [-0.3, -0.25) is 9.59 Å². The maximum absolute atomic E-state index is 11.8. The molecule has 0 bridgehead atoms. The van der Waals surface area contributed by atoms with E-state index < -0.39 is 11.8 Å². The third-order valence-electron chi connectivity index (χ3n) is 2.85. The van der Waals surface area contributed by atoms with Crippen LogP contribution in [0.5, 0.6) is 5.75 Å². The van der Waals surface area contributed by atoms with Crippen LogP contribution in [0, 0.1) is 0 Å². The number of rotatable bonds is 9. The molecule has 6 heteroatoms. The Kier molecular flexibility index (Phi) is 8.75. The van der Waals surface area contributed by atoms with Crippen LogP contribution in [0.1, 0.15) is 33.6 Å². The quantitative estimate of drug-likeness (QED) is 0.540. The van der Waals surface area contributed by atoms with Gasteiger partial charge in [-0.05, 0) is 51.0 Å². The highest BCUT2D eigenvalue weighted by Crippen LogP contribution is 2.15. The normalized spacial score (nSPS) is 10.4. The van der Waals surface area contributed by atoms with Crippen LogP contribution in [0.3, 0.4) is 0 Å². The van der Waals surface area contributed by atoms with E-state index >= 15 is 0 Å². The molecule has 0 heterocycles. The molecule has 0 radical (unpaired) electrons. The highest BCUT2D eigenvalue weighted by molar-refractivity contribution is 6.39. The first-order valence-corrected chi connectivity index (χ1v) is 7.96. The van der Waals surface area contributed by atoms with Gasteiger partial charge in [0.15, 0.2) is 0 Å². The molecule has 1 rings (SSSR count). The Morgan fingerprint density at radius 3 is 2.39 bits per heavy atom. The van der Waals surface area contributed by atoms with E-state index in [4.69, 9.17) is 9.47 Å². The predicted octanol–water partition coefficient (Wildman–Crippen LogP) is 2.35. The van der Waals surface area contributed by atoms with Gasteiger partial charge < -0.3 is 20.1 Å². The summed E-state index contributed by atoms with van der Waals surface area (Å²) in [5.41, 5.74) is 0.553. The van der Waals surface area contributed by atoms with Crippen molar-refractivity contribution in [1.82, 2.24) is 5.32 Å². The van der Waals surface area contributed by atoms with Crippen LogP contribution in [0.2, 0.25) is 0 Å². The molecule has 23 heavy (non-hydrogen) atoms. The van der Waals surface area contributed by atoms with Crippen LogP contribution in [0.15, 0.2) is 24.3 Å². The van der Waals surface area contributed by atoms with E-state index in [-0.39, 0.29) is 6.10 Å². The van der Waals surface area contributed by atoms with Crippen LogP contribution in [-0.4, -0.2) is 37.7 Å². The van der Waals surface area contributed by atoms with Gasteiger partial charge in [-0.25, -0.2) is 0 Å². The van der Waals surface area contributed by atoms with Crippen molar-refractivity contribution in [3.8, 4) is 5.75 Å². The molecule has 0 aliphatic heterocycles. The van der Waals surface area contributed by atoms with Crippen molar-refractivity contribution in [2.75, 3.05) is 25.1 Å². The molecule has 0 aliphatic carbocycles. The summed E-state index contributed by atoms with van der Waals surface area (Å²) in [6, 6.07) is 6.91. The summed E-state index contributed by atoms with van der Waals surface area (Å²) in [6.07, 6.45) is 1.76. The van der Waals surface area contributed by atoms with E-state index in [1.54, 1.807) is 24.3 Å². The molecule has 2 N–H and O–H groups in total. The second kappa shape index (κ2) is 10.6. The molecule has 6 nitrogen and oxygen atoms in total. The van der Waals surface area contributed by atoms with Crippen LogP contribution in [0.25, 0.3) is 0 Å². The van der Waals surface area contributed by atoms with E-state index in [0.29, 0.717) is 31.9 Å². The lowest BCUT2D eigenvalue weighted by Gasteiger charge is -2.09. The number of carbonyl (C=O) groups excluding carboxylic acids is 2. The summed E-state index contributed by atoms with van der Waals surface area (Å²) in [4.78, 5) is 23.4. The third-order valence-corrected chi connectivity index (χ3v) is 2.85. The second-order valence-electron chi connectivity index (χ2n) is 5.36. The minimum absolute atomic E-state index is 0.165. The van der Waals surface area contributed by atoms with Gasteiger partial charge in [0, 0.05) is 18.8 Å². The van der Waals surface area contributed by atoms with Crippen LogP contribution < -0.4 is 15.4 Å².